The van der Waals surface area contributed by atoms with Crippen LogP contribution in [0.25, 0.3) is 0 Å². The number of carbonyl (C=O) groups excluding carboxylic acids is 2. The van der Waals surface area contributed by atoms with Gasteiger partial charge in [0.25, 0.3) is 5.91 Å². The number of aryl methyl sites for hydroxylation is 1. The summed E-state index contributed by atoms with van der Waals surface area (Å²) < 4.78 is 27.4. The Morgan fingerprint density at radius 2 is 1.47 bits per heavy atom. The summed E-state index contributed by atoms with van der Waals surface area (Å²) in [5.41, 5.74) is 1.70. The number of piperazine rings is 1. The molecule has 30 heavy (non-hydrogen) atoms. The second kappa shape index (κ2) is 9.16. The zero-order chi connectivity index (χ0) is 21.9. The molecule has 2 aromatic rings. The van der Waals surface area contributed by atoms with Crippen LogP contribution in [0.1, 0.15) is 22.8 Å². The van der Waals surface area contributed by atoms with Crippen molar-refractivity contribution in [3.05, 3.63) is 64.7 Å². The standard InChI is InChI=1S/C21H24ClN3O4S/c1-15-3-5-17(6-4-15)21(27)25-13-11-24(12-14-25)20(26)16(2)23-30(28,29)19-9-7-18(22)8-10-19/h3-10,16,23H,11-14H2,1-2H3/t16-/m0/s1. The number of nitrogens with one attached hydrogen (secondary N) is 1. The second-order valence-electron chi connectivity index (χ2n) is 7.28. The Balaban J connectivity index is 1.57. The molecule has 0 aromatic heterocycles. The summed E-state index contributed by atoms with van der Waals surface area (Å²) in [6.07, 6.45) is 0. The van der Waals surface area contributed by atoms with Crippen molar-refractivity contribution in [2.24, 2.45) is 0 Å². The van der Waals surface area contributed by atoms with Crippen molar-refractivity contribution in [3.8, 4) is 0 Å². The SMILES string of the molecule is Cc1ccc(C(=O)N2CCN(C(=O)[C@H](C)NS(=O)(=O)c3ccc(Cl)cc3)CC2)cc1. The predicted octanol–water partition coefficient (Wildman–Crippen LogP) is 2.30. The lowest BCUT2D eigenvalue weighted by atomic mass is 10.1. The van der Waals surface area contributed by atoms with Crippen molar-refractivity contribution in [2.45, 2.75) is 24.8 Å². The fourth-order valence-corrected chi connectivity index (χ4v) is 4.57. The van der Waals surface area contributed by atoms with E-state index in [4.69, 9.17) is 11.6 Å². The van der Waals surface area contributed by atoms with Crippen LogP contribution in [0.15, 0.2) is 53.4 Å². The topological polar surface area (TPSA) is 86.8 Å². The molecule has 1 heterocycles. The van der Waals surface area contributed by atoms with Gasteiger partial charge in [0, 0.05) is 36.8 Å². The van der Waals surface area contributed by atoms with E-state index in [2.05, 4.69) is 4.72 Å². The first kappa shape index (κ1) is 22.3. The number of amides is 2. The van der Waals surface area contributed by atoms with Gasteiger partial charge < -0.3 is 9.80 Å². The lowest BCUT2D eigenvalue weighted by Crippen LogP contribution is -2.55. The van der Waals surface area contributed by atoms with Crippen molar-refractivity contribution < 1.29 is 18.0 Å². The zero-order valence-corrected chi connectivity index (χ0v) is 18.4. The molecular formula is C21H24ClN3O4S. The number of hydrogen-bond donors (Lipinski definition) is 1. The van der Waals surface area contributed by atoms with Gasteiger partial charge in [0.05, 0.1) is 10.9 Å². The summed E-state index contributed by atoms with van der Waals surface area (Å²) in [7, 11) is -3.84. The van der Waals surface area contributed by atoms with E-state index in [1.165, 1.54) is 31.2 Å². The van der Waals surface area contributed by atoms with E-state index < -0.39 is 16.1 Å². The van der Waals surface area contributed by atoms with E-state index in [1.54, 1.807) is 21.9 Å². The van der Waals surface area contributed by atoms with Crippen LogP contribution in [0.2, 0.25) is 5.02 Å². The zero-order valence-electron chi connectivity index (χ0n) is 16.8. The van der Waals surface area contributed by atoms with Gasteiger partial charge in [0.2, 0.25) is 15.9 Å². The van der Waals surface area contributed by atoms with Gasteiger partial charge in [-0.2, -0.15) is 4.72 Å². The van der Waals surface area contributed by atoms with E-state index in [0.29, 0.717) is 36.8 Å². The second-order valence-corrected chi connectivity index (χ2v) is 9.43. The molecular weight excluding hydrogens is 426 g/mol. The van der Waals surface area contributed by atoms with Crippen LogP contribution in [0.5, 0.6) is 0 Å². The number of halogens is 1. The van der Waals surface area contributed by atoms with Crippen LogP contribution in [0.3, 0.4) is 0 Å². The summed E-state index contributed by atoms with van der Waals surface area (Å²) in [5.74, 6) is -0.395. The molecule has 3 rings (SSSR count). The summed E-state index contributed by atoms with van der Waals surface area (Å²) in [6.45, 7) is 4.97. The third kappa shape index (κ3) is 5.19. The molecule has 2 amide bonds. The van der Waals surface area contributed by atoms with Crippen molar-refractivity contribution in [3.63, 3.8) is 0 Å². The van der Waals surface area contributed by atoms with Gasteiger partial charge in [-0.3, -0.25) is 9.59 Å². The van der Waals surface area contributed by atoms with Crippen molar-refractivity contribution >= 4 is 33.4 Å². The molecule has 7 nitrogen and oxygen atoms in total. The Morgan fingerprint density at radius 3 is 2.03 bits per heavy atom. The highest BCUT2D eigenvalue weighted by Gasteiger charge is 2.29. The maximum Gasteiger partial charge on any atom is 0.253 e. The van der Waals surface area contributed by atoms with Gasteiger partial charge >= 0.3 is 0 Å². The van der Waals surface area contributed by atoms with Gasteiger partial charge in [0.1, 0.15) is 0 Å². The molecule has 160 valence electrons. The molecule has 1 N–H and O–H groups in total. The molecule has 0 bridgehead atoms. The van der Waals surface area contributed by atoms with E-state index in [9.17, 15) is 18.0 Å². The van der Waals surface area contributed by atoms with Crippen LogP contribution in [0.4, 0.5) is 0 Å². The number of sulfonamides is 1. The van der Waals surface area contributed by atoms with E-state index in [0.717, 1.165) is 5.56 Å². The first-order valence-electron chi connectivity index (χ1n) is 9.60. The summed E-state index contributed by atoms with van der Waals surface area (Å²) in [6, 6.07) is 12.2. The van der Waals surface area contributed by atoms with Gasteiger partial charge in [-0.25, -0.2) is 8.42 Å². The molecule has 9 heteroatoms. The average Bonchev–Trinajstić information content (AvgIpc) is 2.73. The van der Waals surface area contributed by atoms with Crippen LogP contribution in [-0.2, 0) is 14.8 Å². The molecule has 1 aliphatic rings. The van der Waals surface area contributed by atoms with E-state index >= 15 is 0 Å². The van der Waals surface area contributed by atoms with E-state index in [-0.39, 0.29) is 16.7 Å². The molecule has 1 fully saturated rings. The van der Waals surface area contributed by atoms with Gasteiger partial charge in [0.15, 0.2) is 0 Å². The van der Waals surface area contributed by atoms with Gasteiger partial charge in [-0.15, -0.1) is 0 Å². The molecule has 0 radical (unpaired) electrons. The molecule has 1 aliphatic heterocycles. The highest BCUT2D eigenvalue weighted by Crippen LogP contribution is 2.15. The van der Waals surface area contributed by atoms with Gasteiger partial charge in [-0.1, -0.05) is 29.3 Å². The molecule has 0 aliphatic carbocycles. The van der Waals surface area contributed by atoms with Gasteiger partial charge in [-0.05, 0) is 50.2 Å². The maximum absolute atomic E-state index is 12.7. The fraction of sp³-hybridized carbons (Fsp3) is 0.333. The minimum Gasteiger partial charge on any atom is -0.338 e. The number of benzene rings is 2. The molecule has 0 unspecified atom stereocenters. The Labute approximate surface area is 181 Å². The minimum atomic E-state index is -3.84. The van der Waals surface area contributed by atoms with E-state index in [1.807, 2.05) is 19.1 Å². The summed E-state index contributed by atoms with van der Waals surface area (Å²) >= 11 is 5.80. The van der Waals surface area contributed by atoms with Crippen molar-refractivity contribution in [2.75, 3.05) is 26.2 Å². The number of hydrogen-bond acceptors (Lipinski definition) is 4. The number of rotatable bonds is 5. The first-order chi connectivity index (χ1) is 14.2. The minimum absolute atomic E-state index is 0.0417. The quantitative estimate of drug-likeness (QED) is 0.758. The largest absolute Gasteiger partial charge is 0.338 e. The highest BCUT2D eigenvalue weighted by atomic mass is 35.5. The van der Waals surface area contributed by atoms with Crippen LogP contribution >= 0.6 is 11.6 Å². The normalized spacial score (nSPS) is 15.7. The smallest absolute Gasteiger partial charge is 0.253 e. The Morgan fingerprint density at radius 1 is 0.933 bits per heavy atom. The first-order valence-corrected chi connectivity index (χ1v) is 11.5. The Hall–Kier alpha value is -2.42. The van der Waals surface area contributed by atoms with Crippen LogP contribution in [0, 0.1) is 6.92 Å². The summed E-state index contributed by atoms with van der Waals surface area (Å²) in [4.78, 5) is 28.7. The molecule has 0 spiro atoms. The third-order valence-corrected chi connectivity index (χ3v) is 6.81. The predicted molar refractivity (Wildman–Crippen MR) is 115 cm³/mol. The number of nitrogens with zero attached hydrogens (tertiary/aromatic N) is 2. The van der Waals surface area contributed by atoms with Crippen LogP contribution in [-0.4, -0.2) is 62.3 Å². The molecule has 1 atom stereocenters. The van der Waals surface area contributed by atoms with Crippen molar-refractivity contribution in [1.29, 1.82) is 0 Å². The fourth-order valence-electron chi connectivity index (χ4n) is 3.25. The molecule has 0 saturated carbocycles. The monoisotopic (exact) mass is 449 g/mol. The lowest BCUT2D eigenvalue weighted by Gasteiger charge is -2.36. The average molecular weight is 450 g/mol. The van der Waals surface area contributed by atoms with Crippen molar-refractivity contribution in [1.82, 2.24) is 14.5 Å². The lowest BCUT2D eigenvalue weighted by molar-refractivity contribution is -0.134. The molecule has 2 aromatic carbocycles. The highest BCUT2D eigenvalue weighted by molar-refractivity contribution is 7.89. The molecule has 1 saturated heterocycles. The number of carbonyl (C=O) groups is 2. The summed E-state index contributed by atoms with van der Waals surface area (Å²) in [5, 5.41) is 0.427. The Kier molecular flexibility index (Phi) is 6.80. The Bertz CT molecular complexity index is 1020. The third-order valence-electron chi connectivity index (χ3n) is 5.00. The maximum atomic E-state index is 12.7. The van der Waals surface area contributed by atoms with Crippen LogP contribution < -0.4 is 4.72 Å².